The molecule has 0 aliphatic carbocycles. The van der Waals surface area contributed by atoms with Gasteiger partial charge in [-0.15, -0.1) is 0 Å². The molecule has 0 aromatic rings. The number of hydrogen-bond donors (Lipinski definition) is 1. The van der Waals surface area contributed by atoms with E-state index < -0.39 is 17.7 Å². The van der Waals surface area contributed by atoms with Crippen LogP contribution >= 0.6 is 0 Å². The van der Waals surface area contributed by atoms with Crippen LogP contribution in [0.25, 0.3) is 0 Å². The van der Waals surface area contributed by atoms with Crippen LogP contribution in [0.4, 0.5) is 0 Å². The smallest absolute Gasteiger partial charge is 0.338 e. The first kappa shape index (κ1) is 16.0. The number of esters is 1. The lowest BCUT2D eigenvalue weighted by Gasteiger charge is -2.31. The molecule has 0 aromatic heterocycles. The summed E-state index contributed by atoms with van der Waals surface area (Å²) in [6, 6.07) is 0. The van der Waals surface area contributed by atoms with Gasteiger partial charge < -0.3 is 14.6 Å². The Morgan fingerprint density at radius 1 is 1.57 bits per heavy atom. The Labute approximate surface area is 124 Å². The maximum atomic E-state index is 12.7. The molecule has 0 spiro atoms. The molecule has 2 heterocycles. The zero-order valence-corrected chi connectivity index (χ0v) is 12.8. The second kappa shape index (κ2) is 6.15. The summed E-state index contributed by atoms with van der Waals surface area (Å²) in [5.74, 6) is -0.689. The standard InChI is InChI=1S/C15H23NO5/c1-4-5-6-12-16-13(18)11(7-8-17)10(2)15(16,9-21-12)14(19)20-3/h12,17H,4-9H2,1-3H3/t12-,15-/m0/s1. The van der Waals surface area contributed by atoms with Crippen LogP contribution in [0.5, 0.6) is 0 Å². The van der Waals surface area contributed by atoms with Crippen molar-refractivity contribution < 1.29 is 24.2 Å². The Hall–Kier alpha value is -1.40. The van der Waals surface area contributed by atoms with Gasteiger partial charge in [0.15, 0.2) is 5.54 Å². The van der Waals surface area contributed by atoms with Gasteiger partial charge in [0.25, 0.3) is 5.91 Å². The Morgan fingerprint density at radius 2 is 2.29 bits per heavy atom. The van der Waals surface area contributed by atoms with E-state index in [0.29, 0.717) is 17.6 Å². The highest BCUT2D eigenvalue weighted by Crippen LogP contribution is 2.44. The molecule has 6 nitrogen and oxygen atoms in total. The molecular weight excluding hydrogens is 274 g/mol. The first-order chi connectivity index (χ1) is 10.0. The molecule has 21 heavy (non-hydrogen) atoms. The van der Waals surface area contributed by atoms with Crippen LogP contribution < -0.4 is 0 Å². The molecule has 2 atom stereocenters. The lowest BCUT2D eigenvalue weighted by molar-refractivity contribution is -0.154. The van der Waals surface area contributed by atoms with Gasteiger partial charge in [0.1, 0.15) is 6.23 Å². The Morgan fingerprint density at radius 3 is 2.86 bits per heavy atom. The lowest BCUT2D eigenvalue weighted by Crippen LogP contribution is -2.54. The summed E-state index contributed by atoms with van der Waals surface area (Å²) in [5.41, 5.74) is 0.00877. The molecule has 0 aromatic carbocycles. The zero-order chi connectivity index (χ0) is 15.6. The minimum Gasteiger partial charge on any atom is -0.467 e. The minimum absolute atomic E-state index is 0.121. The fourth-order valence-corrected chi connectivity index (χ4v) is 3.23. The highest BCUT2D eigenvalue weighted by Gasteiger charge is 2.62. The van der Waals surface area contributed by atoms with Gasteiger partial charge in [0.05, 0.1) is 13.7 Å². The maximum Gasteiger partial charge on any atom is 0.338 e. The molecule has 2 aliphatic rings. The Kier molecular flexibility index (Phi) is 4.68. The largest absolute Gasteiger partial charge is 0.467 e. The molecule has 0 unspecified atom stereocenters. The predicted octanol–water partition coefficient (Wildman–Crippen LogP) is 0.986. The monoisotopic (exact) mass is 297 g/mol. The van der Waals surface area contributed by atoms with Gasteiger partial charge in [-0.05, 0) is 25.3 Å². The first-order valence-corrected chi connectivity index (χ1v) is 7.39. The molecule has 1 amide bonds. The van der Waals surface area contributed by atoms with E-state index in [1.54, 1.807) is 6.92 Å². The minimum atomic E-state index is -1.14. The summed E-state index contributed by atoms with van der Waals surface area (Å²) in [6.45, 7) is 3.82. The number of carbonyl (C=O) groups excluding carboxylic acids is 2. The SMILES string of the molecule is CCCC[C@@H]1OC[C@@]2(C(=O)OC)C(C)=C(CCO)C(=O)N12. The summed E-state index contributed by atoms with van der Waals surface area (Å²) < 4.78 is 10.7. The van der Waals surface area contributed by atoms with Crippen LogP contribution in [-0.4, -0.2) is 54.0 Å². The summed E-state index contributed by atoms with van der Waals surface area (Å²) in [6.07, 6.45) is 2.45. The van der Waals surface area contributed by atoms with Crippen LogP contribution in [0.15, 0.2) is 11.1 Å². The molecule has 1 saturated heterocycles. The molecule has 2 rings (SSSR count). The second-order valence-corrected chi connectivity index (χ2v) is 5.51. The van der Waals surface area contributed by atoms with E-state index >= 15 is 0 Å². The third-order valence-corrected chi connectivity index (χ3v) is 4.42. The molecule has 1 fully saturated rings. The molecular formula is C15H23NO5. The van der Waals surface area contributed by atoms with Crippen molar-refractivity contribution in [2.75, 3.05) is 20.3 Å². The van der Waals surface area contributed by atoms with Crippen LogP contribution in [0, 0.1) is 0 Å². The van der Waals surface area contributed by atoms with E-state index in [0.717, 1.165) is 12.8 Å². The number of rotatable bonds is 6. The fraction of sp³-hybridized carbons (Fsp3) is 0.733. The summed E-state index contributed by atoms with van der Waals surface area (Å²) in [4.78, 5) is 26.5. The number of unbranched alkanes of at least 4 members (excludes halogenated alkanes) is 1. The van der Waals surface area contributed by atoms with Crippen molar-refractivity contribution in [3.63, 3.8) is 0 Å². The maximum absolute atomic E-state index is 12.7. The van der Waals surface area contributed by atoms with E-state index in [9.17, 15) is 9.59 Å². The average molecular weight is 297 g/mol. The van der Waals surface area contributed by atoms with E-state index in [1.807, 2.05) is 0 Å². The van der Waals surface area contributed by atoms with Gasteiger partial charge >= 0.3 is 5.97 Å². The average Bonchev–Trinajstić information content (AvgIpc) is 2.96. The number of methoxy groups -OCH3 is 1. The van der Waals surface area contributed by atoms with Crippen molar-refractivity contribution in [3.8, 4) is 0 Å². The van der Waals surface area contributed by atoms with Crippen LogP contribution in [0.2, 0.25) is 0 Å². The topological polar surface area (TPSA) is 76.1 Å². The van der Waals surface area contributed by atoms with Gasteiger partial charge in [0.2, 0.25) is 0 Å². The first-order valence-electron chi connectivity index (χ1n) is 7.39. The number of amides is 1. The van der Waals surface area contributed by atoms with Crippen molar-refractivity contribution in [1.29, 1.82) is 0 Å². The normalized spacial score (nSPS) is 28.3. The number of aliphatic hydroxyl groups excluding tert-OH is 1. The van der Waals surface area contributed by atoms with Crippen molar-refractivity contribution in [1.82, 2.24) is 4.90 Å². The van der Waals surface area contributed by atoms with Crippen molar-refractivity contribution in [3.05, 3.63) is 11.1 Å². The van der Waals surface area contributed by atoms with E-state index in [2.05, 4.69) is 6.92 Å². The molecule has 0 radical (unpaired) electrons. The number of fused-ring (bicyclic) bond motifs is 1. The summed E-state index contributed by atoms with van der Waals surface area (Å²) in [7, 11) is 1.32. The summed E-state index contributed by atoms with van der Waals surface area (Å²) >= 11 is 0. The second-order valence-electron chi connectivity index (χ2n) is 5.51. The van der Waals surface area contributed by atoms with Gasteiger partial charge in [-0.2, -0.15) is 0 Å². The predicted molar refractivity (Wildman–Crippen MR) is 75.3 cm³/mol. The van der Waals surface area contributed by atoms with Crippen molar-refractivity contribution >= 4 is 11.9 Å². The van der Waals surface area contributed by atoms with Gasteiger partial charge in [-0.1, -0.05) is 13.3 Å². The Balaban J connectivity index is 2.40. The van der Waals surface area contributed by atoms with E-state index in [1.165, 1.54) is 12.0 Å². The fourth-order valence-electron chi connectivity index (χ4n) is 3.23. The molecule has 1 N–H and O–H groups in total. The number of hydrogen-bond acceptors (Lipinski definition) is 5. The van der Waals surface area contributed by atoms with Gasteiger partial charge in [-0.25, -0.2) is 4.79 Å². The third kappa shape index (κ3) is 2.26. The zero-order valence-electron chi connectivity index (χ0n) is 12.8. The number of aliphatic hydroxyl groups is 1. The highest BCUT2D eigenvalue weighted by atomic mass is 16.5. The molecule has 0 saturated carbocycles. The molecule has 0 bridgehead atoms. The van der Waals surface area contributed by atoms with E-state index in [4.69, 9.17) is 14.6 Å². The molecule has 2 aliphatic heterocycles. The molecule has 118 valence electrons. The number of ether oxygens (including phenoxy) is 2. The quantitative estimate of drug-likeness (QED) is 0.740. The number of nitrogens with zero attached hydrogens (tertiary/aromatic N) is 1. The third-order valence-electron chi connectivity index (χ3n) is 4.42. The van der Waals surface area contributed by atoms with Gasteiger partial charge in [0, 0.05) is 18.6 Å². The van der Waals surface area contributed by atoms with Crippen molar-refractivity contribution in [2.45, 2.75) is 51.3 Å². The summed E-state index contributed by atoms with van der Waals surface area (Å²) in [5, 5.41) is 9.16. The van der Waals surface area contributed by atoms with Crippen LogP contribution in [0.3, 0.4) is 0 Å². The number of carbonyl (C=O) groups is 2. The van der Waals surface area contributed by atoms with Gasteiger partial charge in [-0.3, -0.25) is 9.69 Å². The Bertz CT molecular complexity index is 473. The highest BCUT2D eigenvalue weighted by molar-refractivity contribution is 6.06. The lowest BCUT2D eigenvalue weighted by atomic mass is 9.91. The molecule has 6 heteroatoms. The van der Waals surface area contributed by atoms with Crippen LogP contribution in [0.1, 0.15) is 39.5 Å². The van der Waals surface area contributed by atoms with E-state index in [-0.39, 0.29) is 25.5 Å². The van der Waals surface area contributed by atoms with Crippen LogP contribution in [-0.2, 0) is 19.1 Å². The van der Waals surface area contributed by atoms with Crippen molar-refractivity contribution in [2.24, 2.45) is 0 Å².